The van der Waals surface area contributed by atoms with E-state index in [1.807, 2.05) is 49.4 Å². The van der Waals surface area contributed by atoms with Crippen molar-refractivity contribution in [2.24, 2.45) is 0 Å². The fourth-order valence-electron chi connectivity index (χ4n) is 5.43. The van der Waals surface area contributed by atoms with Gasteiger partial charge >= 0.3 is 11.3 Å². The summed E-state index contributed by atoms with van der Waals surface area (Å²) < 4.78 is 29.9. The number of rotatable bonds is 6. The van der Waals surface area contributed by atoms with Crippen LogP contribution in [0.15, 0.2) is 109 Å². The van der Waals surface area contributed by atoms with Crippen LogP contribution in [0.3, 0.4) is 0 Å². The van der Waals surface area contributed by atoms with E-state index >= 15 is 0 Å². The summed E-state index contributed by atoms with van der Waals surface area (Å²) in [5.74, 6) is 0.762. The molecule has 208 valence electrons. The monoisotopic (exact) mass is 578 g/mol. The maximum absolute atomic E-state index is 13.6. The highest BCUT2D eigenvalue weighted by Crippen LogP contribution is 2.50. The molecule has 2 aromatic heterocycles. The lowest BCUT2D eigenvalue weighted by Crippen LogP contribution is -2.26. The van der Waals surface area contributed by atoms with Crippen molar-refractivity contribution in [1.82, 2.24) is 0 Å². The van der Waals surface area contributed by atoms with Crippen LogP contribution < -0.4 is 25.5 Å². The van der Waals surface area contributed by atoms with Gasteiger partial charge in [-0.05, 0) is 55.0 Å². The lowest BCUT2D eigenvalue weighted by molar-refractivity contribution is 0.269. The van der Waals surface area contributed by atoms with Gasteiger partial charge in [-0.15, -0.1) is 0 Å². The Morgan fingerprint density at radius 2 is 1.31 bits per heavy atom. The molecular weight excluding hydrogens is 556 g/mol. The summed E-state index contributed by atoms with van der Waals surface area (Å²) in [5.41, 5.74) is 1.40. The van der Waals surface area contributed by atoms with E-state index in [1.54, 1.807) is 48.5 Å². The molecule has 0 saturated carbocycles. The van der Waals surface area contributed by atoms with E-state index in [-0.39, 0.29) is 17.7 Å². The first kappa shape index (κ1) is 25.9. The number of halogens is 1. The molecule has 0 fully saturated rings. The molecule has 7 nitrogen and oxygen atoms in total. The Morgan fingerprint density at radius 3 is 1.93 bits per heavy atom. The summed E-state index contributed by atoms with van der Waals surface area (Å²) in [6.45, 7) is 2.46. The molecular formula is C34H23ClO7. The topological polar surface area (TPSA) is 88.1 Å². The van der Waals surface area contributed by atoms with Gasteiger partial charge in [-0.3, -0.25) is 0 Å². The second-order valence-corrected chi connectivity index (χ2v) is 10.2. The first-order valence-corrected chi connectivity index (χ1v) is 13.8. The highest BCUT2D eigenvalue weighted by atomic mass is 35.5. The third-order valence-corrected chi connectivity index (χ3v) is 7.69. The standard InChI is InChI=1S/C34H23ClO7/c1-2-38-27-17-19(15-16-26(27)39-18-20-9-3-6-12-23(20)35)28-29-31(21-10-4-7-13-24(21)40-33(29)36)42-32-22-11-5-8-14-25(22)41-34(37)30(28)32/h3-17,28H,2,18H2,1H3. The minimum atomic E-state index is -0.859. The SMILES string of the molecule is CCOc1cc(C2c3c(c4ccccc4oc3=O)Oc3c2c(=O)oc2ccccc32)ccc1OCc1ccccc1Cl. The van der Waals surface area contributed by atoms with Crippen molar-refractivity contribution in [2.45, 2.75) is 19.4 Å². The van der Waals surface area contributed by atoms with Crippen LogP contribution in [0.5, 0.6) is 23.0 Å². The Kier molecular flexibility index (Phi) is 6.44. The number of hydrogen-bond donors (Lipinski definition) is 0. The molecule has 0 aliphatic carbocycles. The van der Waals surface area contributed by atoms with E-state index in [9.17, 15) is 9.59 Å². The Hall–Kier alpha value is -5.01. The average molecular weight is 579 g/mol. The zero-order valence-electron chi connectivity index (χ0n) is 22.4. The van der Waals surface area contributed by atoms with Gasteiger partial charge < -0.3 is 23.0 Å². The zero-order valence-corrected chi connectivity index (χ0v) is 23.1. The normalized spacial score (nSPS) is 12.5. The maximum atomic E-state index is 13.6. The quantitative estimate of drug-likeness (QED) is 0.186. The van der Waals surface area contributed by atoms with Gasteiger partial charge in [-0.1, -0.05) is 60.1 Å². The van der Waals surface area contributed by atoms with Crippen molar-refractivity contribution in [3.05, 3.63) is 139 Å². The van der Waals surface area contributed by atoms with Crippen LogP contribution in [0.1, 0.15) is 35.1 Å². The van der Waals surface area contributed by atoms with Gasteiger partial charge in [0.15, 0.2) is 11.5 Å². The van der Waals surface area contributed by atoms with Crippen molar-refractivity contribution in [1.29, 1.82) is 0 Å². The second-order valence-electron chi connectivity index (χ2n) is 9.81. The van der Waals surface area contributed by atoms with E-state index in [0.717, 1.165) is 5.56 Å². The van der Waals surface area contributed by atoms with Gasteiger partial charge in [0.05, 0.1) is 34.4 Å². The third kappa shape index (κ3) is 4.30. The van der Waals surface area contributed by atoms with Crippen molar-refractivity contribution < 1.29 is 23.0 Å². The molecule has 1 aliphatic rings. The molecule has 0 radical (unpaired) electrons. The molecule has 4 aromatic carbocycles. The highest BCUT2D eigenvalue weighted by Gasteiger charge is 2.38. The summed E-state index contributed by atoms with van der Waals surface area (Å²) in [6.07, 6.45) is 0. The molecule has 0 amide bonds. The summed E-state index contributed by atoms with van der Waals surface area (Å²) in [5, 5.41) is 1.83. The first-order valence-electron chi connectivity index (χ1n) is 13.5. The Labute approximate surface area is 244 Å². The van der Waals surface area contributed by atoms with Crippen molar-refractivity contribution in [3.63, 3.8) is 0 Å². The van der Waals surface area contributed by atoms with Crippen LogP contribution >= 0.6 is 11.6 Å². The molecule has 6 aromatic rings. The van der Waals surface area contributed by atoms with E-state index < -0.39 is 17.2 Å². The third-order valence-electron chi connectivity index (χ3n) is 7.32. The largest absolute Gasteiger partial charge is 0.490 e. The van der Waals surface area contributed by atoms with Crippen LogP contribution in [0.25, 0.3) is 21.9 Å². The van der Waals surface area contributed by atoms with Gasteiger partial charge in [0.1, 0.15) is 29.3 Å². The fraction of sp³-hybridized carbons (Fsp3) is 0.118. The molecule has 0 spiro atoms. The van der Waals surface area contributed by atoms with Gasteiger partial charge in [0.2, 0.25) is 0 Å². The predicted octanol–water partition coefficient (Wildman–Crippen LogP) is 7.82. The van der Waals surface area contributed by atoms with Gasteiger partial charge in [-0.25, -0.2) is 9.59 Å². The minimum Gasteiger partial charge on any atom is -0.490 e. The second kappa shape index (κ2) is 10.4. The summed E-state index contributed by atoms with van der Waals surface area (Å²) in [4.78, 5) is 27.1. The van der Waals surface area contributed by atoms with Gasteiger partial charge in [0.25, 0.3) is 0 Å². The zero-order chi connectivity index (χ0) is 28.8. The lowest BCUT2D eigenvalue weighted by Gasteiger charge is -2.28. The van der Waals surface area contributed by atoms with E-state index in [0.29, 0.717) is 62.1 Å². The molecule has 0 N–H and O–H groups in total. The highest BCUT2D eigenvalue weighted by molar-refractivity contribution is 6.31. The molecule has 3 heterocycles. The van der Waals surface area contributed by atoms with Crippen molar-refractivity contribution >= 4 is 33.5 Å². The number of benzene rings is 4. The number of fused-ring (bicyclic) bond motifs is 6. The molecule has 0 atom stereocenters. The average Bonchev–Trinajstić information content (AvgIpc) is 3.00. The van der Waals surface area contributed by atoms with Crippen LogP contribution in [0.4, 0.5) is 0 Å². The lowest BCUT2D eigenvalue weighted by atomic mass is 9.83. The number of ether oxygens (including phenoxy) is 3. The molecule has 0 saturated heterocycles. The summed E-state index contributed by atoms with van der Waals surface area (Å²) in [7, 11) is 0. The van der Waals surface area contributed by atoms with Gasteiger partial charge in [0, 0.05) is 10.6 Å². The molecule has 1 aliphatic heterocycles. The van der Waals surface area contributed by atoms with E-state index in [2.05, 4.69) is 0 Å². The van der Waals surface area contributed by atoms with Gasteiger partial charge in [-0.2, -0.15) is 0 Å². The number of hydrogen-bond acceptors (Lipinski definition) is 7. The van der Waals surface area contributed by atoms with E-state index in [4.69, 9.17) is 34.6 Å². The first-order chi connectivity index (χ1) is 20.5. The number of para-hydroxylation sites is 2. The molecule has 0 bridgehead atoms. The van der Waals surface area contributed by atoms with Crippen LogP contribution in [0, 0.1) is 0 Å². The minimum absolute atomic E-state index is 0.205. The van der Waals surface area contributed by atoms with Crippen LogP contribution in [0.2, 0.25) is 5.02 Å². The molecule has 0 unspecified atom stereocenters. The van der Waals surface area contributed by atoms with Crippen LogP contribution in [-0.2, 0) is 6.61 Å². The predicted molar refractivity (Wildman–Crippen MR) is 159 cm³/mol. The van der Waals surface area contributed by atoms with E-state index in [1.165, 1.54) is 0 Å². The molecule has 42 heavy (non-hydrogen) atoms. The summed E-state index contributed by atoms with van der Waals surface area (Å²) >= 11 is 6.33. The summed E-state index contributed by atoms with van der Waals surface area (Å²) in [6, 6.07) is 27.1. The fourth-order valence-corrected chi connectivity index (χ4v) is 5.62. The smallest absolute Gasteiger partial charge is 0.344 e. The maximum Gasteiger partial charge on any atom is 0.344 e. The Bertz CT molecular complexity index is 2010. The Balaban J connectivity index is 1.44. The van der Waals surface area contributed by atoms with Crippen molar-refractivity contribution in [2.75, 3.05) is 6.61 Å². The van der Waals surface area contributed by atoms with Crippen molar-refractivity contribution in [3.8, 4) is 23.0 Å². The molecule has 7 rings (SSSR count). The van der Waals surface area contributed by atoms with Crippen LogP contribution in [-0.4, -0.2) is 6.61 Å². The Morgan fingerprint density at radius 1 is 0.714 bits per heavy atom. The molecule has 8 heteroatoms.